The molecule has 1 N–H and O–H groups in total. The number of likely N-dealkylation sites (tertiary alicyclic amines) is 1. The number of benzene rings is 2. The molecule has 0 aliphatic carbocycles. The molecule has 0 amide bonds. The Morgan fingerprint density at radius 1 is 1.00 bits per heavy atom. The maximum Gasteiger partial charge on any atom is 0.0184 e. The van der Waals surface area contributed by atoms with Crippen molar-refractivity contribution >= 4 is 0 Å². The average Bonchev–Trinajstić information content (AvgIpc) is 2.67. The van der Waals surface area contributed by atoms with Crippen LogP contribution >= 0.6 is 0 Å². The van der Waals surface area contributed by atoms with Gasteiger partial charge in [-0.2, -0.15) is 0 Å². The molecule has 146 valence electrons. The van der Waals surface area contributed by atoms with Gasteiger partial charge in [-0.1, -0.05) is 73.7 Å². The van der Waals surface area contributed by atoms with E-state index in [2.05, 4.69) is 81.0 Å². The molecule has 0 aromatic heterocycles. The molecule has 27 heavy (non-hydrogen) atoms. The van der Waals surface area contributed by atoms with Crippen molar-refractivity contribution in [2.24, 2.45) is 5.41 Å². The van der Waals surface area contributed by atoms with Gasteiger partial charge >= 0.3 is 0 Å². The maximum absolute atomic E-state index is 4.30. The summed E-state index contributed by atoms with van der Waals surface area (Å²) in [6.07, 6.45) is 3.49. The molecule has 1 aliphatic heterocycles. The van der Waals surface area contributed by atoms with Gasteiger partial charge in [0, 0.05) is 17.7 Å². The van der Waals surface area contributed by atoms with Gasteiger partial charge in [-0.25, -0.2) is 0 Å². The van der Waals surface area contributed by atoms with E-state index in [1.54, 1.807) is 0 Å². The monoisotopic (exact) mass is 364 g/mol. The molecule has 0 radical (unpaired) electrons. The van der Waals surface area contributed by atoms with Crippen LogP contribution in [0.4, 0.5) is 0 Å². The fourth-order valence-electron chi connectivity index (χ4n) is 3.40. The van der Waals surface area contributed by atoms with Crippen molar-refractivity contribution in [3.05, 3.63) is 83.6 Å². The summed E-state index contributed by atoms with van der Waals surface area (Å²) in [5, 5.41) is 3.57. The highest BCUT2D eigenvalue weighted by molar-refractivity contribution is 5.26. The number of allylic oxidation sites excluding steroid dienone is 1. The van der Waals surface area contributed by atoms with E-state index >= 15 is 0 Å². The molecular weight excluding hydrogens is 328 g/mol. The number of piperidine rings is 1. The van der Waals surface area contributed by atoms with Gasteiger partial charge in [0.05, 0.1) is 0 Å². The minimum absolute atomic E-state index is 0.262. The number of hydrogen-bond acceptors (Lipinski definition) is 2. The SMILES string of the molecule is C=C(NCCc1ccccc1C)C1(C)CCN(C)CC1.Cc1ccccc1. The van der Waals surface area contributed by atoms with E-state index in [1.165, 1.54) is 48.3 Å². The molecule has 1 aliphatic rings. The van der Waals surface area contributed by atoms with Crippen LogP contribution in [-0.4, -0.2) is 31.6 Å². The lowest BCUT2D eigenvalue weighted by atomic mass is 9.78. The van der Waals surface area contributed by atoms with Gasteiger partial charge in [0.2, 0.25) is 0 Å². The number of nitrogens with zero attached hydrogens (tertiary/aromatic N) is 1. The first-order valence-corrected chi connectivity index (χ1v) is 10.1. The highest BCUT2D eigenvalue weighted by atomic mass is 15.1. The van der Waals surface area contributed by atoms with Crippen LogP contribution in [0.3, 0.4) is 0 Å². The predicted octanol–water partition coefficient (Wildman–Crippen LogP) is 5.37. The zero-order chi connectivity index (χ0) is 19.7. The predicted molar refractivity (Wildman–Crippen MR) is 118 cm³/mol. The van der Waals surface area contributed by atoms with Gasteiger partial charge in [0.1, 0.15) is 0 Å². The zero-order valence-corrected chi connectivity index (χ0v) is 17.6. The number of hydrogen-bond donors (Lipinski definition) is 1. The molecule has 0 saturated carbocycles. The first kappa shape index (κ1) is 21.2. The Kier molecular flexibility index (Phi) is 8.12. The van der Waals surface area contributed by atoms with Crippen molar-refractivity contribution in [1.82, 2.24) is 10.2 Å². The van der Waals surface area contributed by atoms with Gasteiger partial charge in [-0.05, 0) is 64.4 Å². The third-order valence-electron chi connectivity index (χ3n) is 5.75. The van der Waals surface area contributed by atoms with Crippen LogP contribution in [-0.2, 0) is 6.42 Å². The second-order valence-corrected chi connectivity index (χ2v) is 8.10. The van der Waals surface area contributed by atoms with E-state index < -0.39 is 0 Å². The van der Waals surface area contributed by atoms with Crippen LogP contribution in [0, 0.1) is 19.3 Å². The van der Waals surface area contributed by atoms with Crippen LogP contribution in [0.15, 0.2) is 66.9 Å². The second kappa shape index (κ2) is 10.3. The smallest absolute Gasteiger partial charge is 0.0184 e. The molecule has 1 heterocycles. The van der Waals surface area contributed by atoms with Crippen molar-refractivity contribution in [1.29, 1.82) is 0 Å². The lowest BCUT2D eigenvalue weighted by Gasteiger charge is -2.39. The van der Waals surface area contributed by atoms with E-state index in [0.29, 0.717) is 0 Å². The second-order valence-electron chi connectivity index (χ2n) is 8.10. The van der Waals surface area contributed by atoms with Crippen LogP contribution < -0.4 is 5.32 Å². The van der Waals surface area contributed by atoms with Crippen molar-refractivity contribution in [2.45, 2.75) is 40.0 Å². The molecule has 0 unspecified atom stereocenters. The summed E-state index contributed by atoms with van der Waals surface area (Å²) >= 11 is 0. The summed E-state index contributed by atoms with van der Waals surface area (Å²) in [5.41, 5.74) is 5.62. The zero-order valence-electron chi connectivity index (χ0n) is 17.6. The quantitative estimate of drug-likeness (QED) is 0.767. The summed E-state index contributed by atoms with van der Waals surface area (Å²) in [7, 11) is 2.20. The molecule has 2 heteroatoms. The average molecular weight is 365 g/mol. The fraction of sp³-hybridized carbons (Fsp3) is 0.440. The molecule has 0 bridgehead atoms. The molecule has 1 fully saturated rings. The van der Waals surface area contributed by atoms with Crippen molar-refractivity contribution < 1.29 is 0 Å². The van der Waals surface area contributed by atoms with Crippen LogP contribution in [0.2, 0.25) is 0 Å². The Hall–Kier alpha value is -2.06. The van der Waals surface area contributed by atoms with Gasteiger partial charge in [-0.15, -0.1) is 0 Å². The van der Waals surface area contributed by atoms with Gasteiger partial charge in [0.15, 0.2) is 0 Å². The normalized spacial score (nSPS) is 16.1. The standard InChI is InChI=1S/C18H28N2.C7H8/c1-15-7-5-6-8-17(15)9-12-19-16(2)18(3)10-13-20(4)14-11-18;1-7-5-3-2-4-6-7/h5-8,19H,2,9-14H2,1,3-4H3;2-6H,1H3. The first-order chi connectivity index (χ1) is 12.9. The first-order valence-electron chi connectivity index (χ1n) is 10.1. The summed E-state index contributed by atoms with van der Waals surface area (Å²) in [4.78, 5) is 2.41. The summed E-state index contributed by atoms with van der Waals surface area (Å²) in [6, 6.07) is 18.9. The maximum atomic E-state index is 4.30. The van der Waals surface area contributed by atoms with Gasteiger partial charge in [0.25, 0.3) is 0 Å². The molecular formula is C25H36N2. The van der Waals surface area contributed by atoms with Gasteiger partial charge < -0.3 is 10.2 Å². The number of rotatable bonds is 5. The minimum atomic E-state index is 0.262. The van der Waals surface area contributed by atoms with Crippen LogP contribution in [0.5, 0.6) is 0 Å². The Morgan fingerprint density at radius 3 is 2.15 bits per heavy atom. The molecule has 3 rings (SSSR count). The Labute approximate surface area is 166 Å². The Morgan fingerprint density at radius 2 is 1.59 bits per heavy atom. The Bertz CT molecular complexity index is 697. The molecule has 2 aromatic rings. The lowest BCUT2D eigenvalue weighted by molar-refractivity contribution is 0.164. The third kappa shape index (κ3) is 6.88. The highest BCUT2D eigenvalue weighted by Gasteiger charge is 2.31. The highest BCUT2D eigenvalue weighted by Crippen LogP contribution is 2.35. The lowest BCUT2D eigenvalue weighted by Crippen LogP contribution is -2.40. The topological polar surface area (TPSA) is 15.3 Å². The van der Waals surface area contributed by atoms with E-state index in [1.807, 2.05) is 18.2 Å². The van der Waals surface area contributed by atoms with Crippen molar-refractivity contribution in [2.75, 3.05) is 26.7 Å². The van der Waals surface area contributed by atoms with E-state index in [-0.39, 0.29) is 5.41 Å². The van der Waals surface area contributed by atoms with Gasteiger partial charge in [-0.3, -0.25) is 0 Å². The molecule has 1 saturated heterocycles. The van der Waals surface area contributed by atoms with E-state index in [0.717, 1.165) is 13.0 Å². The summed E-state index contributed by atoms with van der Waals surface area (Å²) in [6.45, 7) is 14.2. The third-order valence-corrected chi connectivity index (χ3v) is 5.75. The molecule has 0 atom stereocenters. The van der Waals surface area contributed by atoms with E-state index in [9.17, 15) is 0 Å². The van der Waals surface area contributed by atoms with Crippen molar-refractivity contribution in [3.8, 4) is 0 Å². The molecule has 2 nitrogen and oxygen atoms in total. The molecule has 2 aromatic carbocycles. The number of nitrogens with one attached hydrogen (secondary N) is 1. The fourth-order valence-corrected chi connectivity index (χ4v) is 3.40. The minimum Gasteiger partial charge on any atom is -0.388 e. The summed E-state index contributed by atoms with van der Waals surface area (Å²) < 4.78 is 0. The molecule has 0 spiro atoms. The van der Waals surface area contributed by atoms with Crippen LogP contribution in [0.1, 0.15) is 36.5 Å². The van der Waals surface area contributed by atoms with Crippen LogP contribution in [0.25, 0.3) is 0 Å². The van der Waals surface area contributed by atoms with E-state index in [4.69, 9.17) is 0 Å². The van der Waals surface area contributed by atoms with Crippen molar-refractivity contribution in [3.63, 3.8) is 0 Å². The largest absolute Gasteiger partial charge is 0.388 e. The summed E-state index contributed by atoms with van der Waals surface area (Å²) in [5.74, 6) is 0. The number of aryl methyl sites for hydroxylation is 2. The Balaban J connectivity index is 0.000000313.